The maximum Gasteiger partial charge on any atom is 0.246 e. The molecule has 2 rings (SSSR count). The topological polar surface area (TPSA) is 90.5 Å². The second-order valence-corrected chi connectivity index (χ2v) is 6.78. The van der Waals surface area contributed by atoms with Gasteiger partial charge in [0.2, 0.25) is 17.7 Å². The summed E-state index contributed by atoms with van der Waals surface area (Å²) in [6, 6.07) is -0.925. The molecular formula is C19H36N4O3. The third-order valence-electron chi connectivity index (χ3n) is 5.13. The number of hydrogen-bond acceptors (Lipinski definition) is 4. The smallest absolute Gasteiger partial charge is 0.246 e. The highest BCUT2D eigenvalue weighted by Crippen LogP contribution is 2.29. The summed E-state index contributed by atoms with van der Waals surface area (Å²) >= 11 is 0. The Morgan fingerprint density at radius 1 is 1.00 bits per heavy atom. The first-order valence-corrected chi connectivity index (χ1v) is 10.0. The van der Waals surface area contributed by atoms with E-state index in [1.54, 1.807) is 19.0 Å². The molecule has 1 aliphatic heterocycles. The molecule has 0 aromatic carbocycles. The van der Waals surface area contributed by atoms with Gasteiger partial charge in [0.1, 0.15) is 12.1 Å². The Morgan fingerprint density at radius 3 is 2.23 bits per heavy atom. The lowest BCUT2D eigenvalue weighted by Crippen LogP contribution is -2.56. The fourth-order valence-corrected chi connectivity index (χ4v) is 3.88. The van der Waals surface area contributed by atoms with Crippen LogP contribution in [0.5, 0.6) is 0 Å². The van der Waals surface area contributed by atoms with Crippen LogP contribution in [-0.4, -0.2) is 61.9 Å². The van der Waals surface area contributed by atoms with Crippen LogP contribution in [0.25, 0.3) is 0 Å². The van der Waals surface area contributed by atoms with Crippen molar-refractivity contribution in [2.24, 2.45) is 5.92 Å². The lowest BCUT2D eigenvalue weighted by Gasteiger charge is -2.34. The second-order valence-electron chi connectivity index (χ2n) is 6.78. The molecule has 0 aromatic rings. The van der Waals surface area contributed by atoms with Crippen LogP contribution in [0.2, 0.25) is 0 Å². The Morgan fingerprint density at radius 2 is 1.65 bits per heavy atom. The average Bonchev–Trinajstić information content (AvgIpc) is 3.17. The molecule has 7 nitrogen and oxygen atoms in total. The lowest BCUT2D eigenvalue weighted by atomic mass is 9.83. The zero-order chi connectivity index (χ0) is 19.5. The van der Waals surface area contributed by atoms with Crippen molar-refractivity contribution in [2.45, 2.75) is 70.9 Å². The van der Waals surface area contributed by atoms with Gasteiger partial charge in [-0.3, -0.25) is 14.4 Å². The first kappa shape index (κ1) is 22.4. The Hall–Kier alpha value is -1.63. The van der Waals surface area contributed by atoms with Crippen molar-refractivity contribution in [3.63, 3.8) is 0 Å². The summed E-state index contributed by atoms with van der Waals surface area (Å²) in [4.78, 5) is 38.9. The highest BCUT2D eigenvalue weighted by atomic mass is 16.2. The van der Waals surface area contributed by atoms with Gasteiger partial charge >= 0.3 is 0 Å². The molecule has 1 saturated heterocycles. The van der Waals surface area contributed by atoms with Crippen LogP contribution in [0.15, 0.2) is 0 Å². The van der Waals surface area contributed by atoms with Crippen molar-refractivity contribution < 1.29 is 14.4 Å². The summed E-state index contributed by atoms with van der Waals surface area (Å²) in [5, 5.41) is 8.38. The van der Waals surface area contributed by atoms with Gasteiger partial charge in [-0.05, 0) is 38.6 Å². The van der Waals surface area contributed by atoms with Crippen LogP contribution in [0.1, 0.15) is 58.8 Å². The van der Waals surface area contributed by atoms with Crippen LogP contribution in [0.4, 0.5) is 0 Å². The minimum atomic E-state index is -0.517. The number of carbonyl (C=O) groups excluding carboxylic acids is 3. The number of nitrogens with zero attached hydrogens (tertiary/aromatic N) is 1. The summed E-state index contributed by atoms with van der Waals surface area (Å²) in [5.74, 6) is -0.225. The van der Waals surface area contributed by atoms with E-state index < -0.39 is 12.1 Å². The van der Waals surface area contributed by atoms with Gasteiger partial charge in [-0.15, -0.1) is 0 Å². The minimum Gasteiger partial charge on any atom is -0.357 e. The molecule has 2 aliphatic rings. The summed E-state index contributed by atoms with van der Waals surface area (Å²) in [5.41, 5.74) is 0. The Kier molecular flexibility index (Phi) is 10.2. The van der Waals surface area contributed by atoms with Crippen LogP contribution in [-0.2, 0) is 14.4 Å². The van der Waals surface area contributed by atoms with Crippen LogP contribution in [0, 0.1) is 5.92 Å². The standard InChI is InChI=1S/C17H30N4O3.C2H6/c1-18-11-14(22)20-15(12-7-4-3-5-8-12)17(24)21-10-6-9-13(21)16(23)19-2;1-2/h12-13,15,18H,3-11H2,1-2H3,(H,19,23)(H,20,22);1-2H3/t13-,15?;/m0./s1. The molecule has 0 radical (unpaired) electrons. The van der Waals surface area contributed by atoms with Crippen molar-refractivity contribution in [3.05, 3.63) is 0 Å². The molecule has 0 spiro atoms. The Bertz CT molecular complexity index is 464. The van der Waals surface area contributed by atoms with Gasteiger partial charge in [-0.25, -0.2) is 0 Å². The number of hydrogen-bond donors (Lipinski definition) is 3. The van der Waals surface area contributed by atoms with Crippen molar-refractivity contribution >= 4 is 17.7 Å². The predicted molar refractivity (Wildman–Crippen MR) is 103 cm³/mol. The fraction of sp³-hybridized carbons (Fsp3) is 0.842. The number of likely N-dealkylation sites (tertiary alicyclic amines) is 1. The van der Waals surface area contributed by atoms with Gasteiger partial charge in [-0.2, -0.15) is 0 Å². The monoisotopic (exact) mass is 368 g/mol. The molecule has 1 aliphatic carbocycles. The van der Waals surface area contributed by atoms with E-state index in [-0.39, 0.29) is 30.2 Å². The van der Waals surface area contributed by atoms with Gasteiger partial charge in [0, 0.05) is 13.6 Å². The summed E-state index contributed by atoms with van der Waals surface area (Å²) in [7, 11) is 3.30. The van der Waals surface area contributed by atoms with E-state index in [0.29, 0.717) is 13.0 Å². The molecule has 1 heterocycles. The van der Waals surface area contributed by atoms with Crippen LogP contribution in [0.3, 0.4) is 0 Å². The number of carbonyl (C=O) groups is 3. The van der Waals surface area contributed by atoms with Gasteiger partial charge in [-0.1, -0.05) is 33.1 Å². The molecule has 0 bridgehead atoms. The molecule has 2 atom stereocenters. The Labute approximate surface area is 157 Å². The molecule has 26 heavy (non-hydrogen) atoms. The maximum atomic E-state index is 13.1. The van der Waals surface area contributed by atoms with E-state index in [0.717, 1.165) is 32.1 Å². The first-order chi connectivity index (χ1) is 12.6. The molecule has 150 valence electrons. The van der Waals surface area contributed by atoms with E-state index >= 15 is 0 Å². The summed E-state index contributed by atoms with van der Waals surface area (Å²) in [6.45, 7) is 4.78. The molecule has 1 saturated carbocycles. The zero-order valence-corrected chi connectivity index (χ0v) is 16.8. The first-order valence-electron chi connectivity index (χ1n) is 10.0. The number of rotatable bonds is 6. The fourth-order valence-electron chi connectivity index (χ4n) is 3.88. The Balaban J connectivity index is 0.00000163. The quantitative estimate of drug-likeness (QED) is 0.653. The molecule has 0 aromatic heterocycles. The van der Waals surface area contributed by atoms with Crippen LogP contribution < -0.4 is 16.0 Å². The van der Waals surface area contributed by atoms with E-state index in [2.05, 4.69) is 16.0 Å². The van der Waals surface area contributed by atoms with E-state index in [1.807, 2.05) is 13.8 Å². The highest BCUT2D eigenvalue weighted by molar-refractivity contribution is 5.93. The summed E-state index contributed by atoms with van der Waals surface area (Å²) in [6.07, 6.45) is 6.79. The van der Waals surface area contributed by atoms with Gasteiger partial charge in [0.15, 0.2) is 0 Å². The molecule has 2 fully saturated rings. The second kappa shape index (κ2) is 11.9. The largest absolute Gasteiger partial charge is 0.357 e. The lowest BCUT2D eigenvalue weighted by molar-refractivity contribution is -0.142. The van der Waals surface area contributed by atoms with Crippen molar-refractivity contribution in [1.29, 1.82) is 0 Å². The normalized spacial score (nSPS) is 21.4. The van der Waals surface area contributed by atoms with E-state index in [4.69, 9.17) is 0 Å². The SMILES string of the molecule is CC.CNCC(=O)NC(C(=O)N1CCC[C@H]1C(=O)NC)C1CCCCC1. The predicted octanol–water partition coefficient (Wildman–Crippen LogP) is 1.03. The van der Waals surface area contributed by atoms with Crippen LogP contribution >= 0.6 is 0 Å². The minimum absolute atomic E-state index is 0.0996. The van der Waals surface area contributed by atoms with Gasteiger partial charge in [0.25, 0.3) is 0 Å². The zero-order valence-electron chi connectivity index (χ0n) is 16.8. The molecule has 1 unspecified atom stereocenters. The molecular weight excluding hydrogens is 332 g/mol. The summed E-state index contributed by atoms with van der Waals surface area (Å²) < 4.78 is 0. The highest BCUT2D eigenvalue weighted by Gasteiger charge is 2.40. The number of amides is 3. The van der Waals surface area contributed by atoms with Gasteiger partial charge < -0.3 is 20.9 Å². The maximum absolute atomic E-state index is 13.1. The molecule has 3 N–H and O–H groups in total. The van der Waals surface area contributed by atoms with Crippen molar-refractivity contribution in [3.8, 4) is 0 Å². The number of nitrogens with one attached hydrogen (secondary N) is 3. The van der Waals surface area contributed by atoms with Gasteiger partial charge in [0.05, 0.1) is 6.54 Å². The molecule has 3 amide bonds. The third kappa shape index (κ3) is 5.97. The van der Waals surface area contributed by atoms with E-state index in [9.17, 15) is 14.4 Å². The van der Waals surface area contributed by atoms with Crippen molar-refractivity contribution in [2.75, 3.05) is 27.2 Å². The van der Waals surface area contributed by atoms with E-state index in [1.165, 1.54) is 6.42 Å². The third-order valence-corrected chi connectivity index (χ3v) is 5.13. The number of likely N-dealkylation sites (N-methyl/N-ethyl adjacent to an activating group) is 2. The average molecular weight is 369 g/mol. The van der Waals surface area contributed by atoms with Crippen molar-refractivity contribution in [1.82, 2.24) is 20.9 Å². The molecule has 7 heteroatoms.